The Morgan fingerprint density at radius 2 is 2.23 bits per heavy atom. The van der Waals surface area contributed by atoms with Crippen molar-refractivity contribution in [2.45, 2.75) is 0 Å². The van der Waals surface area contributed by atoms with E-state index in [-0.39, 0.29) is 0 Å². The maximum Gasteiger partial charge on any atom is 0.132 e. The van der Waals surface area contributed by atoms with Crippen LogP contribution in [0.3, 0.4) is 0 Å². The largest absolute Gasteiger partial charge is 0.384 e. The van der Waals surface area contributed by atoms with Crippen LogP contribution in [0.25, 0.3) is 0 Å². The lowest BCUT2D eigenvalue weighted by atomic mass is 10.4. The Kier molecular flexibility index (Phi) is 2.14. The standard InChI is InChI=1S/C9H9N3S/c10-8-2-1-3-9(12-8)11-7-4-5-13-6-7/h1-6H,(H3,10,11,12). The number of hydrogen-bond donors (Lipinski definition) is 2. The van der Waals surface area contributed by atoms with Crippen LogP contribution in [0.4, 0.5) is 17.3 Å². The molecule has 0 atom stereocenters. The Balaban J connectivity index is 2.19. The molecule has 0 fully saturated rings. The van der Waals surface area contributed by atoms with Gasteiger partial charge in [-0.25, -0.2) is 4.98 Å². The second-order valence-electron chi connectivity index (χ2n) is 2.58. The molecule has 0 aliphatic carbocycles. The molecule has 0 bridgehead atoms. The maximum atomic E-state index is 5.54. The third kappa shape index (κ3) is 1.97. The first-order valence-electron chi connectivity index (χ1n) is 3.86. The third-order valence-corrected chi connectivity index (χ3v) is 2.25. The Labute approximate surface area is 80.2 Å². The second-order valence-corrected chi connectivity index (χ2v) is 3.36. The molecule has 0 aliphatic heterocycles. The van der Waals surface area contributed by atoms with Gasteiger partial charge in [-0.15, -0.1) is 0 Å². The van der Waals surface area contributed by atoms with Crippen LogP contribution in [0.2, 0.25) is 0 Å². The van der Waals surface area contributed by atoms with Crippen molar-refractivity contribution in [2.75, 3.05) is 11.1 Å². The summed E-state index contributed by atoms with van der Waals surface area (Å²) in [5.41, 5.74) is 6.58. The lowest BCUT2D eigenvalue weighted by Crippen LogP contribution is -1.95. The van der Waals surface area contributed by atoms with Crippen molar-refractivity contribution in [3.8, 4) is 0 Å². The molecule has 13 heavy (non-hydrogen) atoms. The van der Waals surface area contributed by atoms with Gasteiger partial charge < -0.3 is 11.1 Å². The first-order valence-corrected chi connectivity index (χ1v) is 4.80. The van der Waals surface area contributed by atoms with Crippen LogP contribution in [0, 0.1) is 0 Å². The van der Waals surface area contributed by atoms with E-state index in [0.717, 1.165) is 11.5 Å². The summed E-state index contributed by atoms with van der Waals surface area (Å²) in [4.78, 5) is 4.12. The van der Waals surface area contributed by atoms with Gasteiger partial charge in [0.05, 0.1) is 5.69 Å². The maximum absolute atomic E-state index is 5.54. The van der Waals surface area contributed by atoms with Crippen LogP contribution < -0.4 is 11.1 Å². The minimum atomic E-state index is 0.528. The van der Waals surface area contributed by atoms with Crippen molar-refractivity contribution in [1.82, 2.24) is 4.98 Å². The summed E-state index contributed by atoms with van der Waals surface area (Å²) in [5, 5.41) is 7.17. The highest BCUT2D eigenvalue weighted by Gasteiger charge is 1.95. The molecule has 3 nitrogen and oxygen atoms in total. The summed E-state index contributed by atoms with van der Waals surface area (Å²) in [6.07, 6.45) is 0. The number of nitrogens with one attached hydrogen (secondary N) is 1. The van der Waals surface area contributed by atoms with E-state index in [1.165, 1.54) is 0 Å². The van der Waals surface area contributed by atoms with E-state index in [2.05, 4.69) is 10.3 Å². The first-order chi connectivity index (χ1) is 6.34. The lowest BCUT2D eigenvalue weighted by Gasteiger charge is -2.02. The molecule has 2 rings (SSSR count). The molecule has 3 N–H and O–H groups in total. The van der Waals surface area contributed by atoms with E-state index in [0.29, 0.717) is 5.82 Å². The highest BCUT2D eigenvalue weighted by atomic mass is 32.1. The molecule has 0 aromatic carbocycles. The zero-order valence-corrected chi connectivity index (χ0v) is 7.71. The summed E-state index contributed by atoms with van der Waals surface area (Å²) in [7, 11) is 0. The molecule has 0 spiro atoms. The molecular weight excluding hydrogens is 182 g/mol. The van der Waals surface area contributed by atoms with Crippen molar-refractivity contribution < 1.29 is 0 Å². The molecule has 0 saturated heterocycles. The SMILES string of the molecule is Nc1cccc(Nc2ccsc2)n1. The van der Waals surface area contributed by atoms with E-state index >= 15 is 0 Å². The van der Waals surface area contributed by atoms with Gasteiger partial charge in [0.25, 0.3) is 0 Å². The minimum absolute atomic E-state index is 0.528. The number of thiophene rings is 1. The number of nitrogen functional groups attached to an aromatic ring is 1. The van der Waals surface area contributed by atoms with Gasteiger partial charge in [0.2, 0.25) is 0 Å². The zero-order chi connectivity index (χ0) is 9.10. The molecule has 2 aromatic heterocycles. The van der Waals surface area contributed by atoms with E-state index in [4.69, 9.17) is 5.73 Å². The molecular formula is C9H9N3S. The number of anilines is 3. The molecule has 0 unspecified atom stereocenters. The Bertz CT molecular complexity index is 384. The average Bonchev–Trinajstić information content (AvgIpc) is 2.57. The van der Waals surface area contributed by atoms with E-state index in [1.54, 1.807) is 17.4 Å². The molecule has 0 radical (unpaired) electrons. The third-order valence-electron chi connectivity index (χ3n) is 1.56. The summed E-state index contributed by atoms with van der Waals surface area (Å²) in [6.45, 7) is 0. The van der Waals surface area contributed by atoms with Crippen LogP contribution in [0.15, 0.2) is 35.0 Å². The van der Waals surface area contributed by atoms with Crippen molar-refractivity contribution in [2.24, 2.45) is 0 Å². The highest BCUT2D eigenvalue weighted by molar-refractivity contribution is 7.08. The van der Waals surface area contributed by atoms with Gasteiger partial charge in [-0.05, 0) is 23.6 Å². The lowest BCUT2D eigenvalue weighted by molar-refractivity contribution is 1.32. The highest BCUT2D eigenvalue weighted by Crippen LogP contribution is 2.17. The smallest absolute Gasteiger partial charge is 0.132 e. The quantitative estimate of drug-likeness (QED) is 0.766. The minimum Gasteiger partial charge on any atom is -0.384 e. The summed E-state index contributed by atoms with van der Waals surface area (Å²) in [5.74, 6) is 1.30. The van der Waals surface area contributed by atoms with Crippen LogP contribution in [-0.4, -0.2) is 4.98 Å². The van der Waals surface area contributed by atoms with Gasteiger partial charge in [-0.3, -0.25) is 0 Å². The first kappa shape index (κ1) is 8.07. The summed E-state index contributed by atoms with van der Waals surface area (Å²) < 4.78 is 0. The molecule has 2 aromatic rings. The van der Waals surface area contributed by atoms with Gasteiger partial charge in [0.15, 0.2) is 0 Å². The van der Waals surface area contributed by atoms with Crippen LogP contribution in [0.1, 0.15) is 0 Å². The normalized spacial score (nSPS) is 9.85. The van der Waals surface area contributed by atoms with Gasteiger partial charge >= 0.3 is 0 Å². The summed E-state index contributed by atoms with van der Waals surface area (Å²) >= 11 is 1.64. The Morgan fingerprint density at radius 1 is 1.31 bits per heavy atom. The van der Waals surface area contributed by atoms with Gasteiger partial charge in [0, 0.05) is 5.38 Å². The number of pyridine rings is 1. The van der Waals surface area contributed by atoms with Gasteiger partial charge in [-0.2, -0.15) is 11.3 Å². The van der Waals surface area contributed by atoms with E-state index < -0.39 is 0 Å². The predicted octanol–water partition coefficient (Wildman–Crippen LogP) is 2.47. The van der Waals surface area contributed by atoms with Gasteiger partial charge in [-0.1, -0.05) is 6.07 Å². The predicted molar refractivity (Wildman–Crippen MR) is 56.3 cm³/mol. The zero-order valence-electron chi connectivity index (χ0n) is 6.90. The number of aromatic nitrogens is 1. The van der Waals surface area contributed by atoms with Gasteiger partial charge in [0.1, 0.15) is 11.6 Å². The fourth-order valence-electron chi connectivity index (χ4n) is 1.00. The van der Waals surface area contributed by atoms with Crippen LogP contribution in [-0.2, 0) is 0 Å². The van der Waals surface area contributed by atoms with Crippen molar-refractivity contribution in [3.63, 3.8) is 0 Å². The molecule has 2 heterocycles. The molecule has 4 heteroatoms. The molecule has 0 saturated carbocycles. The van der Waals surface area contributed by atoms with E-state index in [9.17, 15) is 0 Å². The fraction of sp³-hybridized carbons (Fsp3) is 0. The number of hydrogen-bond acceptors (Lipinski definition) is 4. The topological polar surface area (TPSA) is 50.9 Å². The van der Waals surface area contributed by atoms with Crippen LogP contribution >= 0.6 is 11.3 Å². The number of rotatable bonds is 2. The fourth-order valence-corrected chi connectivity index (χ4v) is 1.59. The molecule has 0 aliphatic rings. The molecule has 66 valence electrons. The van der Waals surface area contributed by atoms with E-state index in [1.807, 2.05) is 29.0 Å². The number of nitrogens with zero attached hydrogens (tertiary/aromatic N) is 1. The summed E-state index contributed by atoms with van der Waals surface area (Å²) in [6, 6.07) is 7.51. The number of nitrogens with two attached hydrogens (primary N) is 1. The Morgan fingerprint density at radius 3 is 2.92 bits per heavy atom. The van der Waals surface area contributed by atoms with Crippen molar-refractivity contribution >= 4 is 28.7 Å². The van der Waals surface area contributed by atoms with Crippen molar-refractivity contribution in [3.05, 3.63) is 35.0 Å². The monoisotopic (exact) mass is 191 g/mol. The average molecular weight is 191 g/mol. The Hall–Kier alpha value is -1.55. The molecule has 0 amide bonds. The van der Waals surface area contributed by atoms with Crippen LogP contribution in [0.5, 0.6) is 0 Å². The van der Waals surface area contributed by atoms with Crippen molar-refractivity contribution in [1.29, 1.82) is 0 Å². The second kappa shape index (κ2) is 3.45.